The molecule has 2 unspecified atom stereocenters. The molecular formula is C32H39N3O3S. The molecule has 0 aliphatic heterocycles. The first kappa shape index (κ1) is 30.0. The summed E-state index contributed by atoms with van der Waals surface area (Å²) in [5, 5.41) is 3.30. The van der Waals surface area contributed by atoms with E-state index >= 15 is 0 Å². The smallest absolute Gasteiger partial charge is 0.240 e. The maximum absolute atomic E-state index is 12.8. The minimum atomic E-state index is -3.47. The second-order valence-electron chi connectivity index (χ2n) is 9.58. The number of nitrogens with zero attached hydrogens (tertiary/aromatic N) is 1. The van der Waals surface area contributed by atoms with Crippen molar-refractivity contribution in [2.75, 3.05) is 6.54 Å². The van der Waals surface area contributed by atoms with Crippen LogP contribution in [0.4, 0.5) is 0 Å². The number of fused-ring (bicyclic) bond motifs is 1. The Hall–Kier alpha value is -3.55. The number of unbranched alkanes of at least 4 members (excludes halogenated alkanes) is 2. The van der Waals surface area contributed by atoms with Crippen molar-refractivity contribution >= 4 is 15.9 Å². The molecular weight excluding hydrogens is 506 g/mol. The number of allylic oxidation sites excluding steroid dienone is 2. The lowest BCUT2D eigenvalue weighted by atomic mass is 9.76. The molecule has 2 aromatic carbocycles. The summed E-state index contributed by atoms with van der Waals surface area (Å²) < 4.78 is 27.2. The first-order valence-electron chi connectivity index (χ1n) is 13.5. The predicted molar refractivity (Wildman–Crippen MR) is 158 cm³/mol. The number of carbonyl (C=O) groups is 1. The van der Waals surface area contributed by atoms with Gasteiger partial charge in [0.25, 0.3) is 0 Å². The molecule has 1 amide bonds. The van der Waals surface area contributed by atoms with Crippen LogP contribution in [-0.2, 0) is 27.7 Å². The van der Waals surface area contributed by atoms with Crippen molar-refractivity contribution in [3.63, 3.8) is 0 Å². The van der Waals surface area contributed by atoms with Crippen LogP contribution in [0.25, 0.3) is 0 Å². The number of aryl methyl sites for hydroxylation is 1. The van der Waals surface area contributed by atoms with Crippen LogP contribution in [0.2, 0.25) is 0 Å². The summed E-state index contributed by atoms with van der Waals surface area (Å²) in [5.41, 5.74) is 3.86. The van der Waals surface area contributed by atoms with Crippen LogP contribution in [0.5, 0.6) is 0 Å². The molecule has 1 aliphatic carbocycles. The van der Waals surface area contributed by atoms with Gasteiger partial charge < -0.3 is 5.32 Å². The number of nitrogens with one attached hydrogen (secondary N) is 2. The van der Waals surface area contributed by atoms with E-state index in [4.69, 9.17) is 0 Å². The van der Waals surface area contributed by atoms with Gasteiger partial charge in [0.05, 0.1) is 4.90 Å². The minimum absolute atomic E-state index is 0.0652. The maximum Gasteiger partial charge on any atom is 0.240 e. The van der Waals surface area contributed by atoms with E-state index in [1.807, 2.05) is 12.3 Å². The van der Waals surface area contributed by atoms with Gasteiger partial charge in [-0.2, -0.15) is 0 Å². The second-order valence-corrected chi connectivity index (χ2v) is 11.3. The van der Waals surface area contributed by atoms with Crippen molar-refractivity contribution in [3.8, 4) is 0 Å². The molecule has 0 spiro atoms. The van der Waals surface area contributed by atoms with E-state index in [0.29, 0.717) is 19.4 Å². The van der Waals surface area contributed by atoms with Crippen LogP contribution in [0.1, 0.15) is 54.7 Å². The Balaban J connectivity index is 0.000000983. The van der Waals surface area contributed by atoms with Crippen LogP contribution in [0.3, 0.4) is 0 Å². The van der Waals surface area contributed by atoms with Gasteiger partial charge in [0, 0.05) is 37.3 Å². The molecule has 1 aliphatic rings. The molecule has 6 nitrogen and oxygen atoms in total. The van der Waals surface area contributed by atoms with Crippen molar-refractivity contribution in [2.45, 2.75) is 61.8 Å². The number of benzene rings is 2. The summed E-state index contributed by atoms with van der Waals surface area (Å²) >= 11 is 0. The average Bonchev–Trinajstić information content (AvgIpc) is 2.97. The van der Waals surface area contributed by atoms with Crippen molar-refractivity contribution in [2.24, 2.45) is 0 Å². The van der Waals surface area contributed by atoms with Crippen LogP contribution in [-0.4, -0.2) is 31.9 Å². The van der Waals surface area contributed by atoms with Gasteiger partial charge in [-0.15, -0.1) is 0 Å². The standard InChI is InChI=1S/C28H33N3O3S.C4H6/c32-28(15-5-2-8-19-30-35(33,34)24-12-3-1-4-13-24)31-27-17-16-23-11-6-7-14-25(23)26(27)20-22-10-9-18-29-21-22;1-3-4-2/h1,3-4,6-7,9-14,18,21,26-27,30H,2,5,8,15-17,19-20H2,(H,31,32);3-4H,1-2H2. The maximum atomic E-state index is 12.8. The van der Waals surface area contributed by atoms with Gasteiger partial charge in [-0.3, -0.25) is 9.78 Å². The van der Waals surface area contributed by atoms with E-state index in [9.17, 15) is 13.2 Å². The molecule has 1 heterocycles. The topological polar surface area (TPSA) is 88.2 Å². The van der Waals surface area contributed by atoms with E-state index in [-0.39, 0.29) is 22.8 Å². The number of hydrogen-bond acceptors (Lipinski definition) is 4. The highest BCUT2D eigenvalue weighted by atomic mass is 32.2. The Morgan fingerprint density at radius 2 is 1.69 bits per heavy atom. The van der Waals surface area contributed by atoms with Gasteiger partial charge in [0.1, 0.15) is 0 Å². The molecule has 2 atom stereocenters. The van der Waals surface area contributed by atoms with Gasteiger partial charge in [-0.25, -0.2) is 13.1 Å². The first-order chi connectivity index (χ1) is 18.9. The van der Waals surface area contributed by atoms with E-state index < -0.39 is 10.0 Å². The summed E-state index contributed by atoms with van der Waals surface area (Å²) in [6.07, 6.45) is 12.4. The highest BCUT2D eigenvalue weighted by molar-refractivity contribution is 7.89. The molecule has 4 rings (SSSR count). The molecule has 3 aromatic rings. The molecule has 7 heteroatoms. The third-order valence-electron chi connectivity index (χ3n) is 6.78. The molecule has 2 N–H and O–H groups in total. The van der Waals surface area contributed by atoms with Crippen LogP contribution in [0, 0.1) is 0 Å². The van der Waals surface area contributed by atoms with Crippen molar-refractivity contribution in [3.05, 3.63) is 121 Å². The van der Waals surface area contributed by atoms with E-state index in [1.165, 1.54) is 16.7 Å². The largest absolute Gasteiger partial charge is 0.353 e. The number of rotatable bonds is 12. The molecule has 0 saturated heterocycles. The molecule has 0 fully saturated rings. The van der Waals surface area contributed by atoms with Crippen LogP contribution >= 0.6 is 0 Å². The third kappa shape index (κ3) is 9.61. The van der Waals surface area contributed by atoms with Crippen molar-refractivity contribution in [1.82, 2.24) is 15.0 Å². The molecule has 1 aromatic heterocycles. The van der Waals surface area contributed by atoms with Crippen LogP contribution < -0.4 is 10.0 Å². The Morgan fingerprint density at radius 3 is 2.41 bits per heavy atom. The Kier molecular flexibility index (Phi) is 12.1. The second kappa shape index (κ2) is 15.8. The van der Waals surface area contributed by atoms with Crippen LogP contribution in [0.15, 0.2) is 109 Å². The minimum Gasteiger partial charge on any atom is -0.353 e. The number of amides is 1. The summed E-state index contributed by atoms with van der Waals surface area (Å²) in [6.45, 7) is 7.09. The van der Waals surface area contributed by atoms with Crippen molar-refractivity contribution < 1.29 is 13.2 Å². The summed E-state index contributed by atoms with van der Waals surface area (Å²) in [6, 6.07) is 21.0. The van der Waals surface area contributed by atoms with E-state index in [0.717, 1.165) is 32.1 Å². The first-order valence-corrected chi connectivity index (χ1v) is 15.0. The summed E-state index contributed by atoms with van der Waals surface area (Å²) in [7, 11) is -3.47. The fraction of sp³-hybridized carbons (Fsp3) is 0.312. The lowest BCUT2D eigenvalue weighted by Crippen LogP contribution is -2.42. The number of aromatic nitrogens is 1. The zero-order chi connectivity index (χ0) is 27.9. The highest BCUT2D eigenvalue weighted by Gasteiger charge is 2.30. The quantitative estimate of drug-likeness (QED) is 0.225. The van der Waals surface area contributed by atoms with Gasteiger partial charge in [0.15, 0.2) is 0 Å². The fourth-order valence-electron chi connectivity index (χ4n) is 4.81. The molecule has 0 saturated carbocycles. The van der Waals surface area contributed by atoms with E-state index in [1.54, 1.807) is 48.7 Å². The lowest BCUT2D eigenvalue weighted by Gasteiger charge is -2.34. The SMILES string of the molecule is C=CC=C.O=C(CCCCCNS(=O)(=O)c1ccccc1)NC1CCc2ccccc2C1Cc1cccnc1. The van der Waals surface area contributed by atoms with Gasteiger partial charge >= 0.3 is 0 Å². The molecule has 206 valence electrons. The van der Waals surface area contributed by atoms with Crippen molar-refractivity contribution in [1.29, 1.82) is 0 Å². The normalized spacial score (nSPS) is 16.2. The average molecular weight is 546 g/mol. The summed E-state index contributed by atoms with van der Waals surface area (Å²) in [4.78, 5) is 17.3. The Morgan fingerprint density at radius 1 is 0.949 bits per heavy atom. The summed E-state index contributed by atoms with van der Waals surface area (Å²) in [5.74, 6) is 0.288. The zero-order valence-electron chi connectivity index (χ0n) is 22.5. The Labute approximate surface area is 233 Å². The lowest BCUT2D eigenvalue weighted by molar-refractivity contribution is -0.122. The fourth-order valence-corrected chi connectivity index (χ4v) is 5.90. The van der Waals surface area contributed by atoms with Gasteiger partial charge in [-0.05, 0) is 67.0 Å². The predicted octanol–water partition coefficient (Wildman–Crippen LogP) is 5.74. The molecule has 39 heavy (non-hydrogen) atoms. The molecule has 0 radical (unpaired) electrons. The van der Waals surface area contributed by atoms with Gasteiger partial charge in [-0.1, -0.05) is 80.3 Å². The monoisotopic (exact) mass is 545 g/mol. The highest BCUT2D eigenvalue weighted by Crippen LogP contribution is 2.34. The number of carbonyl (C=O) groups excluding carboxylic acids is 1. The zero-order valence-corrected chi connectivity index (χ0v) is 23.3. The number of sulfonamides is 1. The third-order valence-corrected chi connectivity index (χ3v) is 8.26. The van der Waals surface area contributed by atoms with Gasteiger partial charge in [0.2, 0.25) is 15.9 Å². The van der Waals surface area contributed by atoms with E-state index in [2.05, 4.69) is 58.5 Å². The molecule has 0 bridgehead atoms. The Bertz CT molecular complexity index is 1290. The number of hydrogen-bond donors (Lipinski definition) is 2. The number of pyridine rings is 1.